The van der Waals surface area contributed by atoms with Crippen LogP contribution in [-0.2, 0) is 0 Å². The van der Waals surface area contributed by atoms with Crippen LogP contribution in [-0.4, -0.2) is 17.7 Å². The smallest absolute Gasteiger partial charge is 0.0914 e. The third-order valence-electron chi connectivity index (χ3n) is 4.50. The third kappa shape index (κ3) is 4.21. The highest BCUT2D eigenvalue weighted by atomic mass is 35.5. The van der Waals surface area contributed by atoms with Crippen molar-refractivity contribution in [2.24, 2.45) is 11.8 Å². The second kappa shape index (κ2) is 7.44. The Hall–Kier alpha value is -0.570. The Kier molecular flexibility index (Phi) is 5.88. The zero-order chi connectivity index (χ0) is 14.5. The van der Waals surface area contributed by atoms with Gasteiger partial charge in [-0.05, 0) is 42.4 Å². The Morgan fingerprint density at radius 3 is 2.50 bits per heavy atom. The number of hydrogen-bond acceptors (Lipinski definition) is 2. The molecule has 20 heavy (non-hydrogen) atoms. The lowest BCUT2D eigenvalue weighted by atomic mass is 9.78. The van der Waals surface area contributed by atoms with Crippen molar-refractivity contribution < 1.29 is 5.11 Å². The summed E-state index contributed by atoms with van der Waals surface area (Å²) in [5, 5.41) is 14.6. The first kappa shape index (κ1) is 15.8. The summed E-state index contributed by atoms with van der Waals surface area (Å²) >= 11 is 5.87. The molecule has 0 amide bonds. The summed E-state index contributed by atoms with van der Waals surface area (Å²) in [5.74, 6) is 1.45. The number of benzene rings is 1. The predicted molar refractivity (Wildman–Crippen MR) is 85.0 cm³/mol. The molecular formula is C17H26ClNO. The van der Waals surface area contributed by atoms with E-state index in [1.54, 1.807) is 0 Å². The van der Waals surface area contributed by atoms with Crippen molar-refractivity contribution in [1.29, 1.82) is 0 Å². The van der Waals surface area contributed by atoms with Gasteiger partial charge in [0.25, 0.3) is 0 Å². The van der Waals surface area contributed by atoms with Crippen molar-refractivity contribution in [3.05, 3.63) is 34.9 Å². The van der Waals surface area contributed by atoms with E-state index < -0.39 is 6.10 Å². The van der Waals surface area contributed by atoms with Crippen LogP contribution in [0, 0.1) is 11.8 Å². The fraction of sp³-hybridized carbons (Fsp3) is 0.647. The van der Waals surface area contributed by atoms with Gasteiger partial charge in [-0.25, -0.2) is 0 Å². The molecule has 0 heterocycles. The molecule has 0 spiro atoms. The normalized spacial score (nSPS) is 24.9. The lowest BCUT2D eigenvalue weighted by molar-refractivity contribution is 0.144. The number of rotatable bonds is 5. The van der Waals surface area contributed by atoms with Crippen molar-refractivity contribution in [1.82, 2.24) is 5.32 Å². The van der Waals surface area contributed by atoms with Crippen LogP contribution in [0.15, 0.2) is 24.3 Å². The van der Waals surface area contributed by atoms with Gasteiger partial charge in [-0.2, -0.15) is 0 Å². The summed E-state index contributed by atoms with van der Waals surface area (Å²) in [6.45, 7) is 5.23. The first-order valence-corrected chi connectivity index (χ1v) is 8.12. The second-order valence-corrected chi connectivity index (χ2v) is 6.71. The molecule has 1 aliphatic carbocycles. The molecule has 2 nitrogen and oxygen atoms in total. The molecule has 1 aromatic rings. The van der Waals surface area contributed by atoms with E-state index in [0.717, 1.165) is 11.5 Å². The average Bonchev–Trinajstić information content (AvgIpc) is 2.45. The van der Waals surface area contributed by atoms with Gasteiger partial charge >= 0.3 is 0 Å². The minimum atomic E-state index is -0.456. The molecule has 2 rings (SSSR count). The first-order chi connectivity index (χ1) is 9.58. The minimum absolute atomic E-state index is 0.456. The van der Waals surface area contributed by atoms with Crippen molar-refractivity contribution in [3.8, 4) is 0 Å². The second-order valence-electron chi connectivity index (χ2n) is 6.27. The van der Waals surface area contributed by atoms with Gasteiger partial charge in [0.05, 0.1) is 6.10 Å². The van der Waals surface area contributed by atoms with E-state index in [9.17, 15) is 5.11 Å². The first-order valence-electron chi connectivity index (χ1n) is 7.75. The zero-order valence-corrected chi connectivity index (χ0v) is 13.2. The van der Waals surface area contributed by atoms with Crippen molar-refractivity contribution in [2.45, 2.75) is 51.7 Å². The number of hydrogen-bond donors (Lipinski definition) is 2. The van der Waals surface area contributed by atoms with Gasteiger partial charge in [-0.3, -0.25) is 0 Å². The van der Waals surface area contributed by atoms with Crippen LogP contribution in [0.4, 0.5) is 0 Å². The van der Waals surface area contributed by atoms with Crippen LogP contribution >= 0.6 is 11.6 Å². The van der Waals surface area contributed by atoms with Crippen LogP contribution < -0.4 is 5.32 Å². The molecule has 2 N–H and O–H groups in total. The molecule has 1 aliphatic rings. The molecule has 0 radical (unpaired) electrons. The Labute approximate surface area is 127 Å². The van der Waals surface area contributed by atoms with Gasteiger partial charge in [0.2, 0.25) is 0 Å². The summed E-state index contributed by atoms with van der Waals surface area (Å²) < 4.78 is 0. The predicted octanol–water partition coefficient (Wildman–Crippen LogP) is 4.18. The van der Waals surface area contributed by atoms with Crippen molar-refractivity contribution in [2.75, 3.05) is 6.54 Å². The molecule has 0 aliphatic heterocycles. The highest BCUT2D eigenvalue weighted by molar-refractivity contribution is 6.30. The molecule has 112 valence electrons. The van der Waals surface area contributed by atoms with Crippen LogP contribution in [0.2, 0.25) is 5.02 Å². The lowest BCUT2D eigenvalue weighted by Gasteiger charge is -2.35. The number of aliphatic hydroxyl groups is 1. The summed E-state index contributed by atoms with van der Waals surface area (Å²) in [4.78, 5) is 0. The molecule has 0 aromatic heterocycles. The Bertz CT molecular complexity index is 404. The summed E-state index contributed by atoms with van der Waals surface area (Å²) in [7, 11) is 0. The Balaban J connectivity index is 1.88. The monoisotopic (exact) mass is 295 g/mol. The maximum absolute atomic E-state index is 10.3. The maximum atomic E-state index is 10.3. The fourth-order valence-electron chi connectivity index (χ4n) is 3.28. The van der Waals surface area contributed by atoms with Gasteiger partial charge < -0.3 is 10.4 Å². The summed E-state index contributed by atoms with van der Waals surface area (Å²) in [5.41, 5.74) is 0.929. The molecule has 1 aromatic carbocycles. The third-order valence-corrected chi connectivity index (χ3v) is 4.76. The SMILES string of the molecule is CC(C)C1CCCCC1NCC(O)c1ccc(Cl)cc1. The molecule has 3 unspecified atom stereocenters. The quantitative estimate of drug-likeness (QED) is 0.854. The number of aliphatic hydroxyl groups excluding tert-OH is 1. The number of halogens is 1. The number of nitrogens with one attached hydrogen (secondary N) is 1. The van der Waals surface area contributed by atoms with Gasteiger partial charge in [0.1, 0.15) is 0 Å². The summed E-state index contributed by atoms with van der Waals surface area (Å²) in [6, 6.07) is 8.01. The lowest BCUT2D eigenvalue weighted by Crippen LogP contribution is -2.42. The van der Waals surface area contributed by atoms with Crippen LogP contribution in [0.1, 0.15) is 51.2 Å². The van der Waals surface area contributed by atoms with Gasteiger partial charge in [-0.15, -0.1) is 0 Å². The van der Waals surface area contributed by atoms with E-state index in [0.29, 0.717) is 23.5 Å². The largest absolute Gasteiger partial charge is 0.387 e. The molecule has 3 atom stereocenters. The van der Waals surface area contributed by atoms with E-state index in [1.165, 1.54) is 25.7 Å². The summed E-state index contributed by atoms with van der Waals surface area (Å²) in [6.07, 6.45) is 4.74. The van der Waals surface area contributed by atoms with Crippen LogP contribution in [0.25, 0.3) is 0 Å². The van der Waals surface area contributed by atoms with Crippen molar-refractivity contribution in [3.63, 3.8) is 0 Å². The Morgan fingerprint density at radius 2 is 1.85 bits per heavy atom. The van der Waals surface area contributed by atoms with Gasteiger partial charge in [0.15, 0.2) is 0 Å². The highest BCUT2D eigenvalue weighted by Gasteiger charge is 2.27. The average molecular weight is 296 g/mol. The van der Waals surface area contributed by atoms with E-state index in [4.69, 9.17) is 11.6 Å². The Morgan fingerprint density at radius 1 is 1.20 bits per heavy atom. The fourth-order valence-corrected chi connectivity index (χ4v) is 3.40. The standard InChI is InChI=1S/C17H26ClNO/c1-12(2)15-5-3-4-6-16(15)19-11-17(20)13-7-9-14(18)10-8-13/h7-10,12,15-17,19-20H,3-6,11H2,1-2H3. The van der Waals surface area contributed by atoms with Crippen molar-refractivity contribution >= 4 is 11.6 Å². The van der Waals surface area contributed by atoms with Gasteiger partial charge in [0, 0.05) is 17.6 Å². The van der Waals surface area contributed by atoms with Gasteiger partial charge in [-0.1, -0.05) is 50.4 Å². The van der Waals surface area contributed by atoms with Crippen LogP contribution in [0.5, 0.6) is 0 Å². The minimum Gasteiger partial charge on any atom is -0.387 e. The highest BCUT2D eigenvalue weighted by Crippen LogP contribution is 2.30. The van der Waals surface area contributed by atoms with E-state index >= 15 is 0 Å². The zero-order valence-electron chi connectivity index (χ0n) is 12.5. The van der Waals surface area contributed by atoms with E-state index in [1.807, 2.05) is 24.3 Å². The topological polar surface area (TPSA) is 32.3 Å². The maximum Gasteiger partial charge on any atom is 0.0914 e. The molecule has 1 saturated carbocycles. The molecule has 0 bridgehead atoms. The van der Waals surface area contributed by atoms with E-state index in [2.05, 4.69) is 19.2 Å². The molecule has 1 fully saturated rings. The van der Waals surface area contributed by atoms with Crippen LogP contribution in [0.3, 0.4) is 0 Å². The molecule has 3 heteroatoms. The van der Waals surface area contributed by atoms with E-state index in [-0.39, 0.29) is 0 Å². The molecular weight excluding hydrogens is 270 g/mol. The molecule has 0 saturated heterocycles.